The molecule has 0 radical (unpaired) electrons. The number of amidine groups is 1. The molecule has 152 valence electrons. The Morgan fingerprint density at radius 1 is 0.933 bits per heavy atom. The number of carbonyl (C=O) groups excluding carboxylic acids is 1. The molecule has 5 heteroatoms. The van der Waals surface area contributed by atoms with Gasteiger partial charge in [0.15, 0.2) is 5.17 Å². The number of amides is 1. The van der Waals surface area contributed by atoms with E-state index in [4.69, 9.17) is 0 Å². The number of carbonyl (C=O) groups is 1. The monoisotopic (exact) mass is 415 g/mol. The molecule has 1 amide bonds. The highest BCUT2D eigenvalue weighted by Crippen LogP contribution is 2.31. The molecule has 30 heavy (non-hydrogen) atoms. The Hall–Kier alpha value is -3.05. The number of aliphatic imine (C=N–C) groups is 1. The van der Waals surface area contributed by atoms with Crippen molar-refractivity contribution < 1.29 is 4.79 Å². The van der Waals surface area contributed by atoms with Crippen molar-refractivity contribution in [2.75, 3.05) is 0 Å². The Labute approximate surface area is 181 Å². The van der Waals surface area contributed by atoms with Gasteiger partial charge in [-0.2, -0.15) is 0 Å². The Balaban J connectivity index is 1.65. The number of aromatic nitrogens is 1. The standard InChI is InChI=1S/C25H25N3OS/c1-15-6-9-21(10-7-15)26-25-27-24(29)23(30-25)14-20-13-18(4)28(19(20)5)22-11-8-16(2)12-17(22)3/h6-14H,1-5H3,(H,26,27,29)/b23-14+. The van der Waals surface area contributed by atoms with Gasteiger partial charge in [-0.1, -0.05) is 35.4 Å². The highest BCUT2D eigenvalue weighted by Gasteiger charge is 2.24. The van der Waals surface area contributed by atoms with Crippen molar-refractivity contribution in [1.29, 1.82) is 0 Å². The van der Waals surface area contributed by atoms with E-state index in [-0.39, 0.29) is 5.91 Å². The lowest BCUT2D eigenvalue weighted by molar-refractivity contribution is -0.115. The van der Waals surface area contributed by atoms with E-state index in [1.54, 1.807) is 0 Å². The maximum absolute atomic E-state index is 12.5. The number of benzene rings is 2. The number of hydrogen-bond acceptors (Lipinski definition) is 3. The fourth-order valence-corrected chi connectivity index (χ4v) is 4.55. The summed E-state index contributed by atoms with van der Waals surface area (Å²) in [6.45, 7) is 10.5. The van der Waals surface area contributed by atoms with Gasteiger partial charge in [-0.25, -0.2) is 4.99 Å². The van der Waals surface area contributed by atoms with Gasteiger partial charge in [-0.05, 0) is 87.8 Å². The maximum atomic E-state index is 12.5. The van der Waals surface area contributed by atoms with Gasteiger partial charge in [0.05, 0.1) is 10.6 Å². The first-order chi connectivity index (χ1) is 14.3. The van der Waals surface area contributed by atoms with E-state index < -0.39 is 0 Å². The van der Waals surface area contributed by atoms with Crippen LogP contribution >= 0.6 is 11.8 Å². The molecule has 0 spiro atoms. The van der Waals surface area contributed by atoms with Gasteiger partial charge in [-0.15, -0.1) is 0 Å². The summed E-state index contributed by atoms with van der Waals surface area (Å²) in [6, 6.07) is 16.5. The number of nitrogens with zero attached hydrogens (tertiary/aromatic N) is 2. The molecule has 0 saturated carbocycles. The molecular formula is C25H25N3OS. The number of thioether (sulfide) groups is 1. The normalized spacial score (nSPS) is 16.5. The third-order valence-electron chi connectivity index (χ3n) is 5.27. The summed E-state index contributed by atoms with van der Waals surface area (Å²) >= 11 is 1.38. The highest BCUT2D eigenvalue weighted by molar-refractivity contribution is 8.18. The molecule has 1 saturated heterocycles. The molecule has 1 aromatic heterocycles. The third-order valence-corrected chi connectivity index (χ3v) is 6.18. The zero-order valence-corrected chi connectivity index (χ0v) is 18.7. The van der Waals surface area contributed by atoms with E-state index in [0.717, 1.165) is 22.6 Å². The van der Waals surface area contributed by atoms with Crippen molar-refractivity contribution in [3.05, 3.63) is 87.1 Å². The van der Waals surface area contributed by atoms with Crippen molar-refractivity contribution in [3.8, 4) is 5.69 Å². The first-order valence-corrected chi connectivity index (χ1v) is 10.8. The van der Waals surface area contributed by atoms with E-state index in [0.29, 0.717) is 10.1 Å². The second kappa shape index (κ2) is 8.00. The molecule has 0 atom stereocenters. The molecule has 1 aliphatic rings. The molecule has 2 heterocycles. The minimum Gasteiger partial charge on any atom is -0.318 e. The van der Waals surface area contributed by atoms with Crippen LogP contribution in [0, 0.1) is 34.6 Å². The van der Waals surface area contributed by atoms with Crippen LogP contribution in [0.3, 0.4) is 0 Å². The predicted molar refractivity (Wildman–Crippen MR) is 127 cm³/mol. The van der Waals surface area contributed by atoms with Gasteiger partial charge in [0.25, 0.3) is 5.91 Å². The first-order valence-electron chi connectivity index (χ1n) is 9.94. The zero-order valence-electron chi connectivity index (χ0n) is 17.9. The Bertz CT molecular complexity index is 1200. The summed E-state index contributed by atoms with van der Waals surface area (Å²) in [5, 5.41) is 3.48. The molecule has 2 aromatic carbocycles. The Kier molecular flexibility index (Phi) is 5.39. The third kappa shape index (κ3) is 3.98. The van der Waals surface area contributed by atoms with Gasteiger partial charge in [0.1, 0.15) is 0 Å². The van der Waals surface area contributed by atoms with Crippen LogP contribution in [-0.4, -0.2) is 15.6 Å². The Morgan fingerprint density at radius 3 is 2.33 bits per heavy atom. The van der Waals surface area contributed by atoms with Crippen LogP contribution in [0.15, 0.2) is 58.4 Å². The number of rotatable bonds is 3. The summed E-state index contributed by atoms with van der Waals surface area (Å²) in [4.78, 5) is 17.7. The summed E-state index contributed by atoms with van der Waals surface area (Å²) in [7, 11) is 0. The fourth-order valence-electron chi connectivity index (χ4n) is 3.72. The first kappa shape index (κ1) is 20.2. The topological polar surface area (TPSA) is 46.4 Å². The van der Waals surface area contributed by atoms with Crippen LogP contribution in [0.1, 0.15) is 33.6 Å². The zero-order chi connectivity index (χ0) is 21.4. The van der Waals surface area contributed by atoms with Crippen LogP contribution in [0.25, 0.3) is 11.8 Å². The summed E-state index contributed by atoms with van der Waals surface area (Å²) in [5.41, 5.74) is 8.97. The predicted octanol–water partition coefficient (Wildman–Crippen LogP) is 5.91. The lowest BCUT2D eigenvalue weighted by atomic mass is 10.1. The van der Waals surface area contributed by atoms with Crippen molar-refractivity contribution in [1.82, 2.24) is 9.88 Å². The SMILES string of the molecule is Cc1ccc(N=C2NC(=O)/C(=C\c3cc(C)n(-c4ccc(C)cc4C)c3C)S2)cc1. The molecule has 1 aliphatic heterocycles. The maximum Gasteiger partial charge on any atom is 0.264 e. The smallest absolute Gasteiger partial charge is 0.264 e. The molecule has 4 nitrogen and oxygen atoms in total. The van der Waals surface area contributed by atoms with E-state index >= 15 is 0 Å². The quantitative estimate of drug-likeness (QED) is 0.541. The van der Waals surface area contributed by atoms with Crippen LogP contribution in [-0.2, 0) is 4.79 Å². The molecule has 3 aromatic rings. The lowest BCUT2D eigenvalue weighted by Gasteiger charge is -2.13. The van der Waals surface area contributed by atoms with Crippen LogP contribution in [0.2, 0.25) is 0 Å². The summed E-state index contributed by atoms with van der Waals surface area (Å²) in [5.74, 6) is -0.109. The number of nitrogens with one attached hydrogen (secondary N) is 1. The summed E-state index contributed by atoms with van der Waals surface area (Å²) in [6.07, 6.45) is 1.96. The highest BCUT2D eigenvalue weighted by atomic mass is 32.2. The second-order valence-corrected chi connectivity index (χ2v) is 8.80. The van der Waals surface area contributed by atoms with Crippen molar-refractivity contribution in [2.45, 2.75) is 34.6 Å². The van der Waals surface area contributed by atoms with Crippen molar-refractivity contribution >= 4 is 34.6 Å². The van der Waals surface area contributed by atoms with Gasteiger partial charge in [0.2, 0.25) is 0 Å². The minimum atomic E-state index is -0.109. The van der Waals surface area contributed by atoms with E-state index in [9.17, 15) is 4.79 Å². The van der Waals surface area contributed by atoms with Gasteiger partial charge < -0.3 is 9.88 Å². The van der Waals surface area contributed by atoms with E-state index in [1.807, 2.05) is 37.3 Å². The minimum absolute atomic E-state index is 0.109. The molecular weight excluding hydrogens is 390 g/mol. The van der Waals surface area contributed by atoms with Crippen LogP contribution in [0.5, 0.6) is 0 Å². The van der Waals surface area contributed by atoms with Gasteiger partial charge in [-0.3, -0.25) is 4.79 Å². The number of hydrogen-bond donors (Lipinski definition) is 1. The molecule has 1 N–H and O–H groups in total. The molecule has 0 bridgehead atoms. The van der Waals surface area contributed by atoms with Crippen molar-refractivity contribution in [2.24, 2.45) is 4.99 Å². The fraction of sp³-hybridized carbons (Fsp3) is 0.200. The summed E-state index contributed by atoms with van der Waals surface area (Å²) < 4.78 is 2.25. The lowest BCUT2D eigenvalue weighted by Crippen LogP contribution is -2.19. The average molecular weight is 416 g/mol. The average Bonchev–Trinajstić information content (AvgIpc) is 3.17. The largest absolute Gasteiger partial charge is 0.318 e. The van der Waals surface area contributed by atoms with Gasteiger partial charge >= 0.3 is 0 Å². The van der Waals surface area contributed by atoms with E-state index in [1.165, 1.54) is 34.1 Å². The van der Waals surface area contributed by atoms with Crippen LogP contribution in [0.4, 0.5) is 5.69 Å². The molecule has 0 aliphatic carbocycles. The van der Waals surface area contributed by atoms with Crippen LogP contribution < -0.4 is 5.32 Å². The van der Waals surface area contributed by atoms with Gasteiger partial charge in [0, 0.05) is 17.1 Å². The Morgan fingerprint density at radius 2 is 1.63 bits per heavy atom. The second-order valence-electron chi connectivity index (χ2n) is 7.77. The molecule has 0 unspecified atom stereocenters. The molecule has 1 fully saturated rings. The molecule has 4 rings (SSSR count). The number of aryl methyl sites for hydroxylation is 4. The van der Waals surface area contributed by atoms with Crippen molar-refractivity contribution in [3.63, 3.8) is 0 Å². The van der Waals surface area contributed by atoms with E-state index in [2.05, 4.69) is 66.8 Å².